The summed E-state index contributed by atoms with van der Waals surface area (Å²) in [4.78, 5) is 12.4. The Morgan fingerprint density at radius 2 is 1.95 bits per heavy atom. The lowest BCUT2D eigenvalue weighted by Crippen LogP contribution is -2.48. The Morgan fingerprint density at radius 1 is 1.24 bits per heavy atom. The Bertz CT molecular complexity index is 475. The van der Waals surface area contributed by atoms with Crippen molar-refractivity contribution in [2.24, 2.45) is 0 Å². The smallest absolute Gasteiger partial charge is 0.330 e. The molecule has 1 unspecified atom stereocenters. The molecule has 1 aromatic rings. The number of hydrogen-bond acceptors (Lipinski definition) is 5. The van der Waals surface area contributed by atoms with Crippen molar-refractivity contribution in [3.8, 4) is 11.5 Å². The molecular weight excluding hydrogens is 270 g/mol. The molecule has 1 rings (SSSR count). The first-order valence-corrected chi connectivity index (χ1v) is 7.18. The van der Waals surface area contributed by atoms with Gasteiger partial charge in [-0.05, 0) is 38.9 Å². The number of carbonyl (C=O) groups is 1. The van der Waals surface area contributed by atoms with E-state index in [1.807, 2.05) is 26.0 Å². The standard InChI is InChI=1S/C16H25NO4/c1-6-10-17-16(3,15(18)21-7-2)13-9-8-12(19-4)11-14(13)20-5/h8-9,11,17H,6-7,10H2,1-5H3. The SMILES string of the molecule is CCCNC(C)(C(=O)OCC)c1ccc(OC)cc1OC. The van der Waals surface area contributed by atoms with Crippen LogP contribution in [0.25, 0.3) is 0 Å². The van der Waals surface area contributed by atoms with E-state index >= 15 is 0 Å². The van der Waals surface area contributed by atoms with Crippen molar-refractivity contribution < 1.29 is 19.0 Å². The zero-order valence-electron chi connectivity index (χ0n) is 13.5. The van der Waals surface area contributed by atoms with E-state index < -0.39 is 5.54 Å². The summed E-state index contributed by atoms with van der Waals surface area (Å²) >= 11 is 0. The summed E-state index contributed by atoms with van der Waals surface area (Å²) in [6.45, 7) is 6.68. The molecule has 0 fully saturated rings. The molecule has 0 aliphatic heterocycles. The quantitative estimate of drug-likeness (QED) is 0.747. The van der Waals surface area contributed by atoms with Crippen LogP contribution in [0, 0.1) is 0 Å². The molecule has 0 amide bonds. The van der Waals surface area contributed by atoms with Gasteiger partial charge in [0.2, 0.25) is 0 Å². The molecule has 118 valence electrons. The molecule has 5 nitrogen and oxygen atoms in total. The van der Waals surface area contributed by atoms with Crippen LogP contribution >= 0.6 is 0 Å². The molecular formula is C16H25NO4. The van der Waals surface area contributed by atoms with Gasteiger partial charge in [0.15, 0.2) is 0 Å². The summed E-state index contributed by atoms with van der Waals surface area (Å²) in [5.41, 5.74) is -0.221. The molecule has 0 bridgehead atoms. The Kier molecular flexibility index (Phi) is 6.49. The van der Waals surface area contributed by atoms with Crippen LogP contribution < -0.4 is 14.8 Å². The minimum absolute atomic E-state index is 0.318. The topological polar surface area (TPSA) is 56.8 Å². The highest BCUT2D eigenvalue weighted by molar-refractivity contribution is 5.83. The van der Waals surface area contributed by atoms with Gasteiger partial charge in [0.25, 0.3) is 0 Å². The van der Waals surface area contributed by atoms with Crippen LogP contribution in [0.1, 0.15) is 32.8 Å². The highest BCUT2D eigenvalue weighted by Gasteiger charge is 2.38. The van der Waals surface area contributed by atoms with Crippen molar-refractivity contribution in [3.05, 3.63) is 23.8 Å². The van der Waals surface area contributed by atoms with E-state index in [1.165, 1.54) is 0 Å². The Balaban J connectivity index is 3.27. The lowest BCUT2D eigenvalue weighted by Gasteiger charge is -2.30. The zero-order chi connectivity index (χ0) is 15.9. The molecule has 0 aromatic heterocycles. The molecule has 21 heavy (non-hydrogen) atoms. The van der Waals surface area contributed by atoms with Gasteiger partial charge in [-0.15, -0.1) is 0 Å². The number of esters is 1. The minimum Gasteiger partial charge on any atom is -0.497 e. The second kappa shape index (κ2) is 7.88. The predicted molar refractivity (Wildman–Crippen MR) is 81.8 cm³/mol. The summed E-state index contributed by atoms with van der Waals surface area (Å²) in [6, 6.07) is 5.40. The van der Waals surface area contributed by atoms with Crippen molar-refractivity contribution in [1.29, 1.82) is 0 Å². The summed E-state index contributed by atoms with van der Waals surface area (Å²) < 4.78 is 15.8. The molecule has 0 aliphatic carbocycles. The van der Waals surface area contributed by atoms with Crippen molar-refractivity contribution >= 4 is 5.97 Å². The first-order valence-electron chi connectivity index (χ1n) is 7.18. The van der Waals surface area contributed by atoms with E-state index in [2.05, 4.69) is 5.32 Å². The number of methoxy groups -OCH3 is 2. The maximum atomic E-state index is 12.4. The summed E-state index contributed by atoms with van der Waals surface area (Å²) in [7, 11) is 3.16. The molecule has 5 heteroatoms. The van der Waals surface area contributed by atoms with E-state index in [0.717, 1.165) is 12.0 Å². The van der Waals surface area contributed by atoms with Crippen LogP contribution in [0.5, 0.6) is 11.5 Å². The molecule has 1 aromatic carbocycles. The Hall–Kier alpha value is -1.75. The minimum atomic E-state index is -0.955. The molecule has 1 N–H and O–H groups in total. The van der Waals surface area contributed by atoms with Gasteiger partial charge in [-0.1, -0.05) is 6.92 Å². The van der Waals surface area contributed by atoms with E-state index in [-0.39, 0.29) is 5.97 Å². The normalized spacial score (nSPS) is 13.4. The van der Waals surface area contributed by atoms with Crippen LogP contribution in [0.4, 0.5) is 0 Å². The van der Waals surface area contributed by atoms with Crippen LogP contribution in [-0.4, -0.2) is 33.3 Å². The molecule has 0 spiro atoms. The fourth-order valence-corrected chi connectivity index (χ4v) is 2.14. The predicted octanol–water partition coefficient (Wildman–Crippen LogP) is 2.48. The monoisotopic (exact) mass is 295 g/mol. The molecule has 0 saturated heterocycles. The summed E-state index contributed by atoms with van der Waals surface area (Å²) in [5.74, 6) is 0.952. The van der Waals surface area contributed by atoms with Crippen LogP contribution in [0.3, 0.4) is 0 Å². The average molecular weight is 295 g/mol. The number of carbonyl (C=O) groups excluding carboxylic acids is 1. The van der Waals surface area contributed by atoms with Crippen molar-refractivity contribution in [2.45, 2.75) is 32.7 Å². The van der Waals surface area contributed by atoms with E-state index in [0.29, 0.717) is 24.7 Å². The van der Waals surface area contributed by atoms with Gasteiger partial charge < -0.3 is 14.2 Å². The largest absolute Gasteiger partial charge is 0.497 e. The highest BCUT2D eigenvalue weighted by Crippen LogP contribution is 2.34. The number of hydrogen-bond donors (Lipinski definition) is 1. The Morgan fingerprint density at radius 3 is 2.48 bits per heavy atom. The lowest BCUT2D eigenvalue weighted by atomic mass is 9.90. The van der Waals surface area contributed by atoms with Gasteiger partial charge in [0, 0.05) is 11.6 Å². The second-order valence-corrected chi connectivity index (χ2v) is 4.84. The molecule has 0 heterocycles. The molecule has 0 saturated carbocycles. The first kappa shape index (κ1) is 17.3. The van der Waals surface area contributed by atoms with Gasteiger partial charge in [-0.3, -0.25) is 5.32 Å². The van der Waals surface area contributed by atoms with Gasteiger partial charge >= 0.3 is 5.97 Å². The van der Waals surface area contributed by atoms with Crippen LogP contribution in [-0.2, 0) is 15.1 Å². The number of benzene rings is 1. The maximum Gasteiger partial charge on any atom is 0.330 e. The average Bonchev–Trinajstić information content (AvgIpc) is 2.52. The van der Waals surface area contributed by atoms with Gasteiger partial charge in [0.1, 0.15) is 17.0 Å². The molecule has 0 radical (unpaired) electrons. The number of rotatable bonds is 8. The fourth-order valence-electron chi connectivity index (χ4n) is 2.14. The van der Waals surface area contributed by atoms with E-state index in [9.17, 15) is 4.79 Å². The fraction of sp³-hybridized carbons (Fsp3) is 0.562. The van der Waals surface area contributed by atoms with E-state index in [4.69, 9.17) is 14.2 Å². The molecule has 1 atom stereocenters. The third-order valence-electron chi connectivity index (χ3n) is 3.36. The first-order chi connectivity index (χ1) is 10.0. The van der Waals surface area contributed by atoms with Gasteiger partial charge in [-0.2, -0.15) is 0 Å². The van der Waals surface area contributed by atoms with Crippen molar-refractivity contribution in [3.63, 3.8) is 0 Å². The maximum absolute atomic E-state index is 12.4. The van der Waals surface area contributed by atoms with Gasteiger partial charge in [0.05, 0.1) is 20.8 Å². The number of nitrogens with one attached hydrogen (secondary N) is 1. The molecule has 0 aliphatic rings. The summed E-state index contributed by atoms with van der Waals surface area (Å²) in [6.07, 6.45) is 0.910. The number of ether oxygens (including phenoxy) is 3. The van der Waals surface area contributed by atoms with Gasteiger partial charge in [-0.25, -0.2) is 4.79 Å². The summed E-state index contributed by atoms with van der Waals surface area (Å²) in [5, 5.41) is 3.26. The third kappa shape index (κ3) is 3.88. The second-order valence-electron chi connectivity index (χ2n) is 4.84. The zero-order valence-corrected chi connectivity index (χ0v) is 13.5. The van der Waals surface area contributed by atoms with Crippen molar-refractivity contribution in [1.82, 2.24) is 5.32 Å². The third-order valence-corrected chi connectivity index (χ3v) is 3.36. The van der Waals surface area contributed by atoms with E-state index in [1.54, 1.807) is 27.2 Å². The Labute approximate surface area is 126 Å². The van der Waals surface area contributed by atoms with Crippen LogP contribution in [0.15, 0.2) is 18.2 Å². The van der Waals surface area contributed by atoms with Crippen LogP contribution in [0.2, 0.25) is 0 Å². The van der Waals surface area contributed by atoms with Crippen molar-refractivity contribution in [2.75, 3.05) is 27.4 Å². The highest BCUT2D eigenvalue weighted by atomic mass is 16.5. The lowest BCUT2D eigenvalue weighted by molar-refractivity contribution is -0.151.